The van der Waals surface area contributed by atoms with E-state index in [-0.39, 0.29) is 18.1 Å². The predicted octanol–water partition coefficient (Wildman–Crippen LogP) is 3.33. The molecule has 1 aliphatic carbocycles. The number of nitrogens with one attached hydrogen (secondary N) is 1. The highest BCUT2D eigenvalue weighted by Crippen LogP contribution is 2.25. The predicted molar refractivity (Wildman–Crippen MR) is 101 cm³/mol. The lowest BCUT2D eigenvalue weighted by Gasteiger charge is -2.26. The van der Waals surface area contributed by atoms with Gasteiger partial charge in [0.15, 0.2) is 0 Å². The molecule has 4 rings (SSSR count). The fourth-order valence-electron chi connectivity index (χ4n) is 3.51. The van der Waals surface area contributed by atoms with Gasteiger partial charge in [-0.3, -0.25) is 9.78 Å². The number of hydrogen-bond acceptors (Lipinski definition) is 4. The van der Waals surface area contributed by atoms with Gasteiger partial charge in [0.2, 0.25) is 0 Å². The Hall–Kier alpha value is -2.79. The zero-order valence-electron chi connectivity index (χ0n) is 14.4. The van der Waals surface area contributed by atoms with Gasteiger partial charge in [0, 0.05) is 29.4 Å². The van der Waals surface area contributed by atoms with Gasteiger partial charge < -0.3 is 10.4 Å². The highest BCUT2D eigenvalue weighted by Gasteiger charge is 2.22. The molecule has 1 amide bonds. The van der Waals surface area contributed by atoms with Crippen molar-refractivity contribution >= 4 is 16.8 Å². The number of para-hydroxylation sites is 1. The van der Waals surface area contributed by atoms with Crippen LogP contribution in [0, 0.1) is 0 Å². The smallest absolute Gasteiger partial charge is 0.252 e. The summed E-state index contributed by atoms with van der Waals surface area (Å²) in [5.74, 6) is -0.0878. The third-order valence-corrected chi connectivity index (χ3v) is 4.95. The zero-order chi connectivity index (χ0) is 17.9. The van der Waals surface area contributed by atoms with Crippen LogP contribution in [0.2, 0.25) is 0 Å². The van der Waals surface area contributed by atoms with Crippen molar-refractivity contribution in [3.8, 4) is 11.3 Å². The lowest BCUT2D eigenvalue weighted by atomic mass is 9.93. The number of benzene rings is 1. The van der Waals surface area contributed by atoms with Crippen LogP contribution >= 0.6 is 0 Å². The second kappa shape index (κ2) is 7.22. The minimum absolute atomic E-state index is 0.0878. The van der Waals surface area contributed by atoms with E-state index < -0.39 is 0 Å². The Bertz CT molecular complexity index is 919. The second-order valence-corrected chi connectivity index (χ2v) is 6.79. The summed E-state index contributed by atoms with van der Waals surface area (Å²) >= 11 is 0. The normalized spacial score (nSPS) is 20.0. The van der Waals surface area contributed by atoms with E-state index in [1.54, 1.807) is 12.4 Å². The molecule has 0 aliphatic heterocycles. The van der Waals surface area contributed by atoms with Crippen LogP contribution in [0.1, 0.15) is 36.0 Å². The van der Waals surface area contributed by atoms with Crippen molar-refractivity contribution in [1.82, 2.24) is 15.3 Å². The largest absolute Gasteiger partial charge is 0.393 e. The highest BCUT2D eigenvalue weighted by atomic mass is 16.3. The van der Waals surface area contributed by atoms with E-state index in [0.29, 0.717) is 5.56 Å². The molecule has 0 bridgehead atoms. The number of aliphatic hydroxyl groups is 1. The molecular weight excluding hydrogens is 326 g/mol. The summed E-state index contributed by atoms with van der Waals surface area (Å²) in [6.45, 7) is 0. The number of carbonyl (C=O) groups excluding carboxylic acids is 1. The van der Waals surface area contributed by atoms with Crippen LogP contribution in [0.3, 0.4) is 0 Å². The first-order valence-corrected chi connectivity index (χ1v) is 9.00. The first-order valence-electron chi connectivity index (χ1n) is 9.00. The van der Waals surface area contributed by atoms with Crippen LogP contribution in [0.5, 0.6) is 0 Å². The average molecular weight is 347 g/mol. The Labute approximate surface area is 152 Å². The molecule has 0 spiro atoms. The summed E-state index contributed by atoms with van der Waals surface area (Å²) in [6.07, 6.45) is 6.33. The number of hydrogen-bond donors (Lipinski definition) is 2. The summed E-state index contributed by atoms with van der Waals surface area (Å²) in [6, 6.07) is 13.4. The first kappa shape index (κ1) is 16.7. The van der Waals surface area contributed by atoms with Crippen molar-refractivity contribution in [2.45, 2.75) is 37.8 Å². The van der Waals surface area contributed by atoms with Crippen molar-refractivity contribution < 1.29 is 9.90 Å². The number of aliphatic hydroxyl groups excluding tert-OH is 1. The van der Waals surface area contributed by atoms with Crippen molar-refractivity contribution in [1.29, 1.82) is 0 Å². The first-order chi connectivity index (χ1) is 12.7. The number of amides is 1. The Kier molecular flexibility index (Phi) is 4.63. The van der Waals surface area contributed by atoms with E-state index in [4.69, 9.17) is 4.98 Å². The standard InChI is InChI=1S/C21H21N3O2/c25-16-9-7-15(8-10-16)23-21(26)18-12-20(14-4-3-11-22-13-14)24-19-6-2-1-5-17(18)19/h1-6,11-13,15-16,25H,7-10H2,(H,23,26). The molecule has 1 fully saturated rings. The van der Waals surface area contributed by atoms with Crippen molar-refractivity contribution in [2.75, 3.05) is 0 Å². The maximum Gasteiger partial charge on any atom is 0.252 e. The molecule has 26 heavy (non-hydrogen) atoms. The van der Waals surface area contributed by atoms with Crippen LogP contribution in [0.25, 0.3) is 22.2 Å². The SMILES string of the molecule is O=C(NC1CCC(O)CC1)c1cc(-c2cccnc2)nc2ccccc12. The fourth-order valence-corrected chi connectivity index (χ4v) is 3.51. The molecule has 1 aliphatic rings. The van der Waals surface area contributed by atoms with Crippen LogP contribution < -0.4 is 5.32 Å². The van der Waals surface area contributed by atoms with Gasteiger partial charge in [0.05, 0.1) is 22.9 Å². The van der Waals surface area contributed by atoms with Gasteiger partial charge in [-0.25, -0.2) is 4.98 Å². The topological polar surface area (TPSA) is 75.1 Å². The van der Waals surface area contributed by atoms with Crippen molar-refractivity contribution in [3.05, 3.63) is 60.4 Å². The maximum absolute atomic E-state index is 13.0. The van der Waals surface area contributed by atoms with Gasteiger partial charge in [-0.2, -0.15) is 0 Å². The minimum Gasteiger partial charge on any atom is -0.393 e. The van der Waals surface area contributed by atoms with E-state index in [0.717, 1.165) is 47.8 Å². The summed E-state index contributed by atoms with van der Waals surface area (Å²) < 4.78 is 0. The van der Waals surface area contributed by atoms with Gasteiger partial charge >= 0.3 is 0 Å². The molecule has 0 atom stereocenters. The van der Waals surface area contributed by atoms with E-state index in [1.807, 2.05) is 42.5 Å². The Morgan fingerprint density at radius 2 is 1.88 bits per heavy atom. The third kappa shape index (κ3) is 3.44. The Balaban J connectivity index is 1.70. The molecule has 1 aromatic carbocycles. The molecule has 132 valence electrons. The molecule has 0 saturated heterocycles. The van der Waals surface area contributed by atoms with Gasteiger partial charge in [0.1, 0.15) is 0 Å². The van der Waals surface area contributed by atoms with Crippen molar-refractivity contribution in [3.63, 3.8) is 0 Å². The van der Waals surface area contributed by atoms with Gasteiger partial charge in [0.25, 0.3) is 5.91 Å². The number of nitrogens with zero attached hydrogens (tertiary/aromatic N) is 2. The zero-order valence-corrected chi connectivity index (χ0v) is 14.4. The molecule has 0 radical (unpaired) electrons. The molecule has 0 unspecified atom stereocenters. The molecule has 3 aromatic rings. The van der Waals surface area contributed by atoms with E-state index in [1.165, 1.54) is 0 Å². The molecular formula is C21H21N3O2. The monoisotopic (exact) mass is 347 g/mol. The second-order valence-electron chi connectivity index (χ2n) is 6.79. The molecule has 5 heteroatoms. The maximum atomic E-state index is 13.0. The molecule has 1 saturated carbocycles. The van der Waals surface area contributed by atoms with E-state index in [9.17, 15) is 9.90 Å². The Morgan fingerprint density at radius 3 is 2.65 bits per heavy atom. The van der Waals surface area contributed by atoms with Gasteiger partial charge in [-0.05, 0) is 49.9 Å². The minimum atomic E-state index is -0.234. The van der Waals surface area contributed by atoms with Gasteiger partial charge in [-0.15, -0.1) is 0 Å². The summed E-state index contributed by atoms with van der Waals surface area (Å²) in [5.41, 5.74) is 3.03. The van der Waals surface area contributed by atoms with E-state index >= 15 is 0 Å². The lowest BCUT2D eigenvalue weighted by molar-refractivity contribution is 0.0869. The van der Waals surface area contributed by atoms with Crippen LogP contribution in [0.4, 0.5) is 0 Å². The fraction of sp³-hybridized carbons (Fsp3) is 0.286. The number of fused-ring (bicyclic) bond motifs is 1. The molecule has 2 N–H and O–H groups in total. The van der Waals surface area contributed by atoms with Crippen LogP contribution in [-0.4, -0.2) is 33.1 Å². The number of aromatic nitrogens is 2. The highest BCUT2D eigenvalue weighted by molar-refractivity contribution is 6.07. The van der Waals surface area contributed by atoms with Crippen LogP contribution in [-0.2, 0) is 0 Å². The number of rotatable bonds is 3. The summed E-state index contributed by atoms with van der Waals surface area (Å²) in [4.78, 5) is 21.8. The Morgan fingerprint density at radius 1 is 1.08 bits per heavy atom. The summed E-state index contributed by atoms with van der Waals surface area (Å²) in [7, 11) is 0. The number of pyridine rings is 2. The number of carbonyl (C=O) groups is 1. The average Bonchev–Trinajstić information content (AvgIpc) is 2.69. The third-order valence-electron chi connectivity index (χ3n) is 4.95. The van der Waals surface area contributed by atoms with Gasteiger partial charge in [-0.1, -0.05) is 18.2 Å². The van der Waals surface area contributed by atoms with Crippen molar-refractivity contribution in [2.24, 2.45) is 0 Å². The molecule has 2 aromatic heterocycles. The quantitative estimate of drug-likeness (QED) is 0.762. The lowest BCUT2D eigenvalue weighted by Crippen LogP contribution is -2.38. The van der Waals surface area contributed by atoms with E-state index in [2.05, 4.69) is 10.3 Å². The molecule has 2 heterocycles. The van der Waals surface area contributed by atoms with Crippen LogP contribution in [0.15, 0.2) is 54.9 Å². The molecule has 5 nitrogen and oxygen atoms in total. The summed E-state index contributed by atoms with van der Waals surface area (Å²) in [5, 5.41) is 13.6.